The normalized spacial score (nSPS) is 13.7. The van der Waals surface area contributed by atoms with Gasteiger partial charge in [-0.1, -0.05) is 30.3 Å². The number of nitrogens with one attached hydrogen (secondary N) is 3. The Labute approximate surface area is 343 Å². The van der Waals surface area contributed by atoms with Crippen molar-refractivity contribution in [3.63, 3.8) is 0 Å². The van der Waals surface area contributed by atoms with Crippen molar-refractivity contribution in [2.45, 2.75) is 37.9 Å². The summed E-state index contributed by atoms with van der Waals surface area (Å²) in [5, 5.41) is 34.0. The average molecular weight is 849 g/mol. The number of nitriles is 1. The first-order valence-electron chi connectivity index (χ1n) is 17.9. The highest BCUT2D eigenvalue weighted by atomic mass is 32.2. The van der Waals surface area contributed by atoms with Crippen LogP contribution in [-0.4, -0.2) is 82.1 Å². The summed E-state index contributed by atoms with van der Waals surface area (Å²) in [6.45, 7) is 3.49. The molecule has 7 aromatic rings. The van der Waals surface area contributed by atoms with E-state index in [4.69, 9.17) is 5.26 Å². The third kappa shape index (κ3) is 8.71. The summed E-state index contributed by atoms with van der Waals surface area (Å²) in [6, 6.07) is 16.6. The Morgan fingerprint density at radius 1 is 0.770 bits per heavy atom. The van der Waals surface area contributed by atoms with E-state index in [1.54, 1.807) is 38.1 Å². The van der Waals surface area contributed by atoms with Gasteiger partial charge in [-0.25, -0.2) is 32.0 Å². The Kier molecular flexibility index (Phi) is 11.2. The van der Waals surface area contributed by atoms with Crippen LogP contribution in [0.3, 0.4) is 0 Å². The quantitative estimate of drug-likeness (QED) is 0.163. The van der Waals surface area contributed by atoms with Crippen LogP contribution in [0.2, 0.25) is 0 Å². The van der Waals surface area contributed by atoms with Crippen LogP contribution in [0.4, 0.5) is 8.78 Å². The van der Waals surface area contributed by atoms with E-state index >= 15 is 0 Å². The number of halogens is 2. The first kappa shape index (κ1) is 41.1. The number of rotatable bonds is 9. The fourth-order valence-corrected chi connectivity index (χ4v) is 8.02. The molecule has 1 aliphatic rings. The summed E-state index contributed by atoms with van der Waals surface area (Å²) in [5.74, 6) is -4.16. The Balaban J connectivity index is 0.000000202. The SMILES string of the molecule is Cc1cc(CNC(=O)c2cc(C(=O)NC3CS(=O)(=O)c4cc(C#N)ccc43)n3ncnc3n2)ccc1F.Cc1cc(CNC(=O)c2cc(C(=O)O)n3ncnc3n2)ccc1F. The number of nitrogens with zero attached hydrogens (tertiary/aromatic N) is 9. The van der Waals surface area contributed by atoms with E-state index in [-0.39, 0.29) is 75.3 Å². The molecule has 308 valence electrons. The molecule has 0 spiro atoms. The number of amides is 3. The zero-order valence-corrected chi connectivity index (χ0v) is 32.6. The van der Waals surface area contributed by atoms with Crippen LogP contribution in [-0.2, 0) is 22.9 Å². The number of aromatic nitrogens is 8. The number of carbonyl (C=O) groups excluding carboxylic acids is 3. The lowest BCUT2D eigenvalue weighted by Crippen LogP contribution is -2.32. The van der Waals surface area contributed by atoms with Crippen molar-refractivity contribution in [1.29, 1.82) is 5.26 Å². The van der Waals surface area contributed by atoms with Gasteiger partial charge < -0.3 is 21.1 Å². The molecule has 8 rings (SSSR count). The van der Waals surface area contributed by atoms with E-state index < -0.39 is 39.6 Å². The first-order valence-corrected chi connectivity index (χ1v) is 19.6. The minimum atomic E-state index is -3.71. The number of benzene rings is 3. The molecule has 1 aliphatic heterocycles. The summed E-state index contributed by atoms with van der Waals surface area (Å²) < 4.78 is 54.1. The topological polar surface area (TPSA) is 269 Å². The largest absolute Gasteiger partial charge is 0.477 e. The second-order valence-corrected chi connectivity index (χ2v) is 15.5. The third-order valence-electron chi connectivity index (χ3n) is 9.32. The average Bonchev–Trinajstić information content (AvgIpc) is 3.98. The molecule has 0 saturated heterocycles. The van der Waals surface area contributed by atoms with E-state index in [0.717, 1.165) is 21.4 Å². The number of hydrogen-bond donors (Lipinski definition) is 4. The second-order valence-electron chi connectivity index (χ2n) is 13.5. The van der Waals surface area contributed by atoms with Gasteiger partial charge in [0.15, 0.2) is 15.5 Å². The van der Waals surface area contributed by atoms with Crippen molar-refractivity contribution in [3.05, 3.63) is 147 Å². The highest BCUT2D eigenvalue weighted by Crippen LogP contribution is 2.34. The maximum absolute atomic E-state index is 13.5. The van der Waals surface area contributed by atoms with Gasteiger partial charge in [-0.15, -0.1) is 0 Å². The van der Waals surface area contributed by atoms with Gasteiger partial charge in [-0.2, -0.15) is 34.5 Å². The monoisotopic (exact) mass is 848 g/mol. The number of aryl methyl sites for hydroxylation is 2. The Morgan fingerprint density at radius 2 is 1.30 bits per heavy atom. The second kappa shape index (κ2) is 16.7. The van der Waals surface area contributed by atoms with Crippen LogP contribution in [0.5, 0.6) is 0 Å². The first-order chi connectivity index (χ1) is 29.1. The molecule has 61 heavy (non-hydrogen) atoms. The van der Waals surface area contributed by atoms with E-state index in [2.05, 4.69) is 46.1 Å². The standard InChI is InChI=1S/C24H18FN7O4S.C15H12FN5O3/c1-13-6-15(3-5-17(13)25)10-27-22(33)18-8-20(32-24(31-18)28-12-29-32)23(34)30-19-11-37(35,36)21-7-14(9-26)2-4-16(19)21;1-8-4-9(2-3-10(8)16)6-17-13(22)11-5-12(14(23)24)21-15(20-11)18-7-19-21/h2-8,12,19H,10-11H2,1H3,(H,27,33)(H,30,34);2-5,7H,6H2,1H3,(H,17,22)(H,23,24). The number of carboxylic acid groups (broad SMARTS) is 1. The maximum Gasteiger partial charge on any atom is 0.354 e. The lowest BCUT2D eigenvalue weighted by molar-refractivity contribution is 0.0686. The summed E-state index contributed by atoms with van der Waals surface area (Å²) in [7, 11) is -3.71. The maximum atomic E-state index is 13.5. The molecule has 0 fully saturated rings. The van der Waals surface area contributed by atoms with Crippen molar-refractivity contribution in [1.82, 2.24) is 55.1 Å². The molecule has 0 aliphatic carbocycles. The molecule has 3 aromatic carbocycles. The van der Waals surface area contributed by atoms with Crippen molar-refractivity contribution in [3.8, 4) is 6.07 Å². The fourth-order valence-electron chi connectivity index (χ4n) is 6.26. The molecule has 22 heteroatoms. The molecule has 0 bridgehead atoms. The van der Waals surface area contributed by atoms with Crippen molar-refractivity contribution >= 4 is 45.1 Å². The minimum absolute atomic E-state index is 0.00595. The van der Waals surface area contributed by atoms with Gasteiger partial charge in [-0.05, 0) is 65.9 Å². The van der Waals surface area contributed by atoms with Crippen molar-refractivity contribution in [2.24, 2.45) is 0 Å². The zero-order valence-electron chi connectivity index (χ0n) is 31.8. The van der Waals surface area contributed by atoms with Crippen LogP contribution in [0.1, 0.15) is 81.4 Å². The van der Waals surface area contributed by atoms with E-state index in [9.17, 15) is 41.5 Å². The highest BCUT2D eigenvalue weighted by Gasteiger charge is 2.36. The summed E-state index contributed by atoms with van der Waals surface area (Å²) in [6.07, 6.45) is 2.32. The number of carbonyl (C=O) groups is 4. The molecule has 0 radical (unpaired) electrons. The number of hydrogen-bond acceptors (Lipinski definition) is 13. The lowest BCUT2D eigenvalue weighted by atomic mass is 10.1. The van der Waals surface area contributed by atoms with Gasteiger partial charge in [0.05, 0.1) is 28.3 Å². The summed E-state index contributed by atoms with van der Waals surface area (Å²) in [4.78, 5) is 65.4. The van der Waals surface area contributed by atoms with Crippen LogP contribution in [0, 0.1) is 36.8 Å². The predicted molar refractivity (Wildman–Crippen MR) is 207 cm³/mol. The van der Waals surface area contributed by atoms with Gasteiger partial charge >= 0.3 is 5.97 Å². The Morgan fingerprint density at radius 3 is 1.80 bits per heavy atom. The van der Waals surface area contributed by atoms with Gasteiger partial charge in [-0.3, -0.25) is 14.4 Å². The van der Waals surface area contributed by atoms with E-state index in [0.29, 0.717) is 27.8 Å². The Bertz CT molecular complexity index is 3090. The molecule has 4 N–H and O–H groups in total. The predicted octanol–water partition coefficient (Wildman–Crippen LogP) is 2.83. The van der Waals surface area contributed by atoms with Crippen LogP contribution >= 0.6 is 0 Å². The lowest BCUT2D eigenvalue weighted by Gasteiger charge is -2.14. The van der Waals surface area contributed by atoms with Crippen LogP contribution in [0.15, 0.2) is 84.3 Å². The molecular weight excluding hydrogens is 819 g/mol. The molecule has 3 amide bonds. The molecule has 5 heterocycles. The van der Waals surface area contributed by atoms with Crippen molar-refractivity contribution in [2.75, 3.05) is 5.75 Å². The van der Waals surface area contributed by atoms with Crippen LogP contribution in [0.25, 0.3) is 11.6 Å². The number of aromatic carboxylic acids is 1. The van der Waals surface area contributed by atoms with Crippen LogP contribution < -0.4 is 16.0 Å². The molecule has 0 saturated carbocycles. The third-order valence-corrected chi connectivity index (χ3v) is 11.1. The fraction of sp³-hybridized carbons (Fsp3) is 0.154. The number of sulfone groups is 1. The van der Waals surface area contributed by atoms with Crippen molar-refractivity contribution < 1.29 is 41.5 Å². The smallest absolute Gasteiger partial charge is 0.354 e. The van der Waals surface area contributed by atoms with E-state index in [1.807, 2.05) is 6.07 Å². The van der Waals surface area contributed by atoms with Gasteiger partial charge in [0, 0.05) is 25.2 Å². The summed E-state index contributed by atoms with van der Waals surface area (Å²) in [5.41, 5.74) is 2.35. The van der Waals surface area contributed by atoms with E-state index in [1.165, 1.54) is 42.7 Å². The molecule has 1 unspecified atom stereocenters. The molecular formula is C39H30F2N12O7S. The van der Waals surface area contributed by atoms with Gasteiger partial charge in [0.25, 0.3) is 29.3 Å². The zero-order chi connectivity index (χ0) is 43.6. The number of carboxylic acids is 1. The van der Waals surface area contributed by atoms with Gasteiger partial charge in [0.2, 0.25) is 0 Å². The molecule has 1 atom stereocenters. The Hall–Kier alpha value is -8.06. The summed E-state index contributed by atoms with van der Waals surface area (Å²) >= 11 is 0. The molecule has 19 nitrogen and oxygen atoms in total. The number of fused-ring (bicyclic) bond motifs is 3. The molecule has 4 aromatic heterocycles. The van der Waals surface area contributed by atoms with Gasteiger partial charge in [0.1, 0.15) is 41.4 Å². The highest BCUT2D eigenvalue weighted by molar-refractivity contribution is 7.91. The minimum Gasteiger partial charge on any atom is -0.477 e.